The molecule has 0 atom stereocenters. The summed E-state index contributed by atoms with van der Waals surface area (Å²) in [5.74, 6) is -0.991. The number of carbonyl (C=O) groups is 1. The number of carboxylic acids is 1. The van der Waals surface area contributed by atoms with Crippen molar-refractivity contribution < 1.29 is 23.2 Å². The van der Waals surface area contributed by atoms with Gasteiger partial charge >= 0.3 is 5.97 Å². The first kappa shape index (κ1) is 18.0. The minimum Gasteiger partial charge on any atom is -0.478 e. The lowest BCUT2D eigenvalue weighted by Gasteiger charge is -2.20. The molecule has 1 aromatic rings. The molecule has 1 aromatic carbocycles. The maximum absolute atomic E-state index is 12.0. The van der Waals surface area contributed by atoms with Crippen LogP contribution in [0.15, 0.2) is 22.2 Å². The third kappa shape index (κ3) is 3.32. The van der Waals surface area contributed by atoms with E-state index >= 15 is 0 Å². The van der Waals surface area contributed by atoms with Crippen LogP contribution in [0, 0.1) is 6.92 Å². The van der Waals surface area contributed by atoms with Gasteiger partial charge in [-0.2, -0.15) is 0 Å². The zero-order valence-electron chi connectivity index (χ0n) is 12.5. The molecule has 0 fully saturated rings. The average molecular weight is 380 g/mol. The molecule has 0 aromatic heterocycles. The van der Waals surface area contributed by atoms with Crippen molar-refractivity contribution in [3.63, 3.8) is 0 Å². The number of benzene rings is 1. The molecular weight excluding hydrogens is 365 g/mol. The van der Waals surface area contributed by atoms with E-state index in [1.807, 2.05) is 0 Å². The molecule has 1 N–H and O–H groups in total. The monoisotopic (exact) mass is 379 g/mol. The molecule has 0 spiro atoms. The molecule has 1 aliphatic rings. The second kappa shape index (κ2) is 6.30. The Morgan fingerprint density at radius 2 is 2.00 bits per heavy atom. The van der Waals surface area contributed by atoms with Crippen LogP contribution in [0.1, 0.15) is 27.9 Å². The maximum atomic E-state index is 12.0. The first-order valence-electron chi connectivity index (χ1n) is 6.59. The van der Waals surface area contributed by atoms with Gasteiger partial charge in [0.25, 0.3) is 0 Å². The van der Waals surface area contributed by atoms with Gasteiger partial charge in [0.2, 0.25) is 0 Å². The summed E-state index contributed by atoms with van der Waals surface area (Å²) in [6.07, 6.45) is 1.25. The van der Waals surface area contributed by atoms with Gasteiger partial charge in [0.1, 0.15) is 0 Å². The van der Waals surface area contributed by atoms with E-state index in [4.69, 9.17) is 28.0 Å². The fraction of sp³-hybridized carbons (Fsp3) is 0.429. The lowest BCUT2D eigenvalue weighted by Crippen LogP contribution is -2.33. The Balaban J connectivity index is 2.66. The number of hydrogen-bond donors (Lipinski definition) is 1. The van der Waals surface area contributed by atoms with E-state index in [1.165, 1.54) is 19.1 Å². The van der Waals surface area contributed by atoms with Crippen LogP contribution in [-0.4, -0.2) is 48.8 Å². The molecule has 0 bridgehead atoms. The van der Waals surface area contributed by atoms with Gasteiger partial charge in [-0.1, -0.05) is 5.16 Å². The molecule has 126 valence electrons. The van der Waals surface area contributed by atoms with E-state index in [2.05, 4.69) is 5.16 Å². The Hall–Kier alpha value is -1.31. The minimum atomic E-state index is -3.58. The van der Waals surface area contributed by atoms with Crippen molar-refractivity contribution in [3.05, 3.63) is 28.8 Å². The topological polar surface area (TPSA) is 93.0 Å². The van der Waals surface area contributed by atoms with E-state index in [-0.39, 0.29) is 34.2 Å². The van der Waals surface area contributed by atoms with Gasteiger partial charge in [0.15, 0.2) is 15.4 Å². The van der Waals surface area contributed by atoms with Crippen molar-refractivity contribution in [1.82, 2.24) is 0 Å². The van der Waals surface area contributed by atoms with Gasteiger partial charge in [-0.3, -0.25) is 0 Å². The number of alkyl halides is 2. The molecule has 2 rings (SSSR count). The molecule has 23 heavy (non-hydrogen) atoms. The van der Waals surface area contributed by atoms with Crippen molar-refractivity contribution >= 4 is 44.7 Å². The van der Waals surface area contributed by atoms with Gasteiger partial charge in [-0.15, -0.1) is 23.2 Å². The predicted octanol–water partition coefficient (Wildman–Crippen LogP) is 2.44. The Morgan fingerprint density at radius 1 is 1.39 bits per heavy atom. The maximum Gasteiger partial charge on any atom is 0.335 e. The number of rotatable bonds is 5. The van der Waals surface area contributed by atoms with E-state index in [1.54, 1.807) is 0 Å². The largest absolute Gasteiger partial charge is 0.478 e. The van der Waals surface area contributed by atoms with Gasteiger partial charge in [0.05, 0.1) is 27.9 Å². The number of carboxylic acid groups (broad SMARTS) is 1. The lowest BCUT2D eigenvalue weighted by atomic mass is 9.92. The van der Waals surface area contributed by atoms with Crippen molar-refractivity contribution in [1.29, 1.82) is 0 Å². The van der Waals surface area contributed by atoms with Crippen molar-refractivity contribution in [2.45, 2.75) is 23.8 Å². The predicted molar refractivity (Wildman–Crippen MR) is 87.7 cm³/mol. The molecular formula is C14H15Cl2NO5S. The van der Waals surface area contributed by atoms with Crippen LogP contribution in [0.3, 0.4) is 0 Å². The van der Waals surface area contributed by atoms with Crippen LogP contribution in [0.5, 0.6) is 0 Å². The molecule has 0 unspecified atom stereocenters. The first-order valence-corrected chi connectivity index (χ1v) is 9.55. The zero-order valence-corrected chi connectivity index (χ0v) is 14.8. The first-order chi connectivity index (χ1) is 10.6. The van der Waals surface area contributed by atoms with Crippen LogP contribution < -0.4 is 0 Å². The van der Waals surface area contributed by atoms with E-state index in [0.717, 1.165) is 6.26 Å². The second-order valence-corrected chi connectivity index (χ2v) is 7.96. The van der Waals surface area contributed by atoms with Gasteiger partial charge in [-0.05, 0) is 24.6 Å². The number of nitrogens with zero attached hydrogens (tertiary/aromatic N) is 1. The van der Waals surface area contributed by atoms with E-state index in [0.29, 0.717) is 11.3 Å². The fourth-order valence-corrected chi connectivity index (χ4v) is 3.95. The molecule has 9 heteroatoms. The molecule has 0 saturated carbocycles. The highest BCUT2D eigenvalue weighted by molar-refractivity contribution is 7.90. The van der Waals surface area contributed by atoms with E-state index in [9.17, 15) is 18.3 Å². The van der Waals surface area contributed by atoms with Crippen LogP contribution in [0.25, 0.3) is 0 Å². The van der Waals surface area contributed by atoms with Gasteiger partial charge < -0.3 is 9.94 Å². The summed E-state index contributed by atoms with van der Waals surface area (Å²) < 4.78 is 24.1. The summed E-state index contributed by atoms with van der Waals surface area (Å²) in [4.78, 5) is 16.6. The fourth-order valence-electron chi connectivity index (χ4n) is 2.42. The normalized spacial score (nSPS) is 16.8. The minimum absolute atomic E-state index is 0.00212. The third-order valence-corrected chi connectivity index (χ3v) is 5.78. The summed E-state index contributed by atoms with van der Waals surface area (Å²) in [6, 6.07) is 2.54. The number of aromatic carboxylic acids is 1. The summed E-state index contributed by atoms with van der Waals surface area (Å²) >= 11 is 11.7. The highest BCUT2D eigenvalue weighted by atomic mass is 35.5. The van der Waals surface area contributed by atoms with Crippen LogP contribution >= 0.6 is 23.2 Å². The SMILES string of the molecule is Cc1c(C(=O)O)ccc(S(C)(=O)=O)c1C1=NOC(CCl)(CCl)C1. The molecule has 1 heterocycles. The highest BCUT2D eigenvalue weighted by Crippen LogP contribution is 2.33. The summed E-state index contributed by atoms with van der Waals surface area (Å²) in [5, 5.41) is 13.2. The Kier molecular flexibility index (Phi) is 4.94. The molecule has 0 radical (unpaired) electrons. The molecule has 1 aliphatic heterocycles. The Labute approximate surface area is 143 Å². The standard InChI is InChI=1S/C14H15Cl2NO5S/c1-8-9(13(18)19)3-4-11(23(2,20)21)12(8)10-5-14(6-15,7-16)22-17-10/h3-4H,5-7H2,1-2H3,(H,18,19). The van der Waals surface area contributed by atoms with Gasteiger partial charge in [0, 0.05) is 18.2 Å². The second-order valence-electron chi connectivity index (χ2n) is 5.44. The number of oxime groups is 1. The highest BCUT2D eigenvalue weighted by Gasteiger charge is 2.40. The van der Waals surface area contributed by atoms with Crippen LogP contribution in [-0.2, 0) is 14.7 Å². The van der Waals surface area contributed by atoms with Crippen molar-refractivity contribution in [2.24, 2.45) is 5.16 Å². The number of hydrogen-bond acceptors (Lipinski definition) is 5. The lowest BCUT2D eigenvalue weighted by molar-refractivity contribution is 0.0181. The van der Waals surface area contributed by atoms with E-state index < -0.39 is 21.4 Å². The molecule has 0 aliphatic carbocycles. The zero-order chi connectivity index (χ0) is 17.4. The Morgan fingerprint density at radius 3 is 2.43 bits per heavy atom. The molecule has 6 nitrogen and oxygen atoms in total. The average Bonchev–Trinajstić information content (AvgIpc) is 2.90. The summed E-state index contributed by atoms with van der Waals surface area (Å²) in [6.45, 7) is 1.54. The third-order valence-electron chi connectivity index (χ3n) is 3.67. The van der Waals surface area contributed by atoms with Crippen molar-refractivity contribution in [2.75, 3.05) is 18.0 Å². The smallest absolute Gasteiger partial charge is 0.335 e. The van der Waals surface area contributed by atoms with Gasteiger partial charge in [-0.25, -0.2) is 13.2 Å². The quantitative estimate of drug-likeness (QED) is 0.792. The van der Waals surface area contributed by atoms with Crippen molar-refractivity contribution in [3.8, 4) is 0 Å². The summed E-state index contributed by atoms with van der Waals surface area (Å²) in [5.41, 5.74) is -0.0392. The Bertz CT molecular complexity index is 785. The van der Waals surface area contributed by atoms with Crippen LogP contribution in [0.4, 0.5) is 0 Å². The van der Waals surface area contributed by atoms with Crippen LogP contribution in [0.2, 0.25) is 0 Å². The molecule has 0 amide bonds. The summed E-state index contributed by atoms with van der Waals surface area (Å²) in [7, 11) is -3.58. The number of sulfone groups is 1. The number of halogens is 2. The molecule has 0 saturated heterocycles.